The molecule has 0 aliphatic heterocycles. The minimum atomic E-state index is 0.0609. The summed E-state index contributed by atoms with van der Waals surface area (Å²) in [6.07, 6.45) is 29.6. The molecule has 0 heterocycles. The minimum absolute atomic E-state index is 0.0609. The Bertz CT molecular complexity index is 505. The van der Waals surface area contributed by atoms with Crippen LogP contribution in [0.25, 0.3) is 0 Å². The van der Waals surface area contributed by atoms with E-state index in [-0.39, 0.29) is 12.1 Å². The third kappa shape index (κ3) is 9.56. The zero-order chi connectivity index (χ0) is 23.3. The summed E-state index contributed by atoms with van der Waals surface area (Å²) >= 11 is 0. The van der Waals surface area contributed by atoms with Gasteiger partial charge in [0.25, 0.3) is 0 Å². The van der Waals surface area contributed by atoms with Crippen molar-refractivity contribution in [2.75, 3.05) is 0 Å². The average molecular weight is 461 g/mol. The molecule has 0 saturated heterocycles. The highest BCUT2D eigenvalue weighted by Gasteiger charge is 2.35. The first kappa shape index (κ1) is 27.1. The van der Waals surface area contributed by atoms with Crippen LogP contribution in [-0.4, -0.2) is 12.1 Å². The molecule has 2 heteroatoms. The van der Waals surface area contributed by atoms with Crippen LogP contribution in [-0.2, 0) is 9.53 Å². The van der Waals surface area contributed by atoms with Crippen molar-refractivity contribution in [1.29, 1.82) is 0 Å². The van der Waals surface area contributed by atoms with E-state index < -0.39 is 0 Å². The molecule has 0 unspecified atom stereocenters. The number of carbonyl (C=O) groups excluding carboxylic acids is 1. The molecule has 0 amide bonds. The van der Waals surface area contributed by atoms with E-state index in [0.717, 1.165) is 48.9 Å². The van der Waals surface area contributed by atoms with Gasteiger partial charge in [0.05, 0.1) is 0 Å². The summed E-state index contributed by atoms with van der Waals surface area (Å²) in [6, 6.07) is 0. The van der Waals surface area contributed by atoms with Crippen molar-refractivity contribution >= 4 is 5.97 Å². The third-order valence-electron chi connectivity index (χ3n) is 9.76. The molecule has 0 aromatic carbocycles. The predicted octanol–water partition coefficient (Wildman–Crippen LogP) is 9.64. The highest BCUT2D eigenvalue weighted by atomic mass is 16.5. The molecule has 0 bridgehead atoms. The fourth-order valence-electron chi connectivity index (χ4n) is 7.51. The molecule has 0 N–H and O–H groups in total. The second-order valence-corrected chi connectivity index (χ2v) is 12.1. The number of esters is 1. The van der Waals surface area contributed by atoms with Crippen molar-refractivity contribution in [2.24, 2.45) is 29.6 Å². The van der Waals surface area contributed by atoms with Crippen LogP contribution in [0.1, 0.15) is 155 Å². The van der Waals surface area contributed by atoms with E-state index >= 15 is 0 Å². The van der Waals surface area contributed by atoms with E-state index in [1.165, 1.54) is 116 Å². The fourth-order valence-corrected chi connectivity index (χ4v) is 7.51. The second-order valence-electron chi connectivity index (χ2n) is 12.1. The molecular weight excluding hydrogens is 404 g/mol. The van der Waals surface area contributed by atoms with Crippen LogP contribution in [0.5, 0.6) is 0 Å². The standard InChI is InChI=1S/C31H56O2/c1-3-5-7-9-11-25-13-15-26(16-14-25)27-17-19-28(20-18-27)29-21-23-30(24-22-29)33-31(32)12-10-8-6-4-2/h25-30H,3-24H2,1-2H3/t25-,26-,27-,28-,29-,30-. The Morgan fingerprint density at radius 1 is 0.576 bits per heavy atom. The number of ether oxygens (including phenoxy) is 1. The summed E-state index contributed by atoms with van der Waals surface area (Å²) in [7, 11) is 0. The van der Waals surface area contributed by atoms with E-state index in [2.05, 4.69) is 13.8 Å². The van der Waals surface area contributed by atoms with Gasteiger partial charge in [-0.1, -0.05) is 78.1 Å². The maximum absolute atomic E-state index is 12.1. The molecule has 0 aromatic rings. The van der Waals surface area contributed by atoms with Crippen molar-refractivity contribution in [3.05, 3.63) is 0 Å². The molecule has 3 saturated carbocycles. The van der Waals surface area contributed by atoms with Crippen molar-refractivity contribution < 1.29 is 9.53 Å². The summed E-state index contributed by atoms with van der Waals surface area (Å²) < 4.78 is 5.81. The Balaban J connectivity index is 1.26. The molecule has 3 fully saturated rings. The summed E-state index contributed by atoms with van der Waals surface area (Å²) in [5.74, 6) is 5.06. The smallest absolute Gasteiger partial charge is 0.306 e. The Labute approximate surface area is 206 Å². The molecule has 192 valence electrons. The van der Waals surface area contributed by atoms with Crippen molar-refractivity contribution in [3.8, 4) is 0 Å². The van der Waals surface area contributed by atoms with Crippen LogP contribution < -0.4 is 0 Å². The third-order valence-corrected chi connectivity index (χ3v) is 9.76. The summed E-state index contributed by atoms with van der Waals surface area (Å²) in [6.45, 7) is 4.53. The first-order chi connectivity index (χ1) is 16.2. The largest absolute Gasteiger partial charge is 0.462 e. The molecule has 2 nitrogen and oxygen atoms in total. The molecule has 0 spiro atoms. The number of unbranched alkanes of at least 4 members (excludes halogenated alkanes) is 6. The fraction of sp³-hybridized carbons (Fsp3) is 0.968. The number of carbonyl (C=O) groups is 1. The molecular formula is C31H56O2. The van der Waals surface area contributed by atoms with Crippen LogP contribution in [0.4, 0.5) is 0 Å². The van der Waals surface area contributed by atoms with E-state index in [1.54, 1.807) is 0 Å². The van der Waals surface area contributed by atoms with Gasteiger partial charge in [-0.3, -0.25) is 4.79 Å². The minimum Gasteiger partial charge on any atom is -0.462 e. The molecule has 3 aliphatic rings. The Hall–Kier alpha value is -0.530. The SMILES string of the molecule is CCCCCCC(=O)O[C@H]1CC[C@H]([C@H]2CC[C@H]([C@H]3CC[C@H](CCCCCC)CC3)CC2)CC1. The lowest BCUT2D eigenvalue weighted by molar-refractivity contribution is -0.151. The maximum atomic E-state index is 12.1. The van der Waals surface area contributed by atoms with Crippen molar-refractivity contribution in [1.82, 2.24) is 0 Å². The highest BCUT2D eigenvalue weighted by molar-refractivity contribution is 5.69. The maximum Gasteiger partial charge on any atom is 0.306 e. The van der Waals surface area contributed by atoms with Crippen LogP contribution >= 0.6 is 0 Å². The monoisotopic (exact) mass is 460 g/mol. The zero-order valence-corrected chi connectivity index (χ0v) is 22.3. The number of hydrogen-bond acceptors (Lipinski definition) is 2. The first-order valence-corrected chi connectivity index (χ1v) is 15.4. The molecule has 3 rings (SSSR count). The van der Waals surface area contributed by atoms with Gasteiger partial charge < -0.3 is 4.74 Å². The molecule has 33 heavy (non-hydrogen) atoms. The molecule has 0 aromatic heterocycles. The lowest BCUT2D eigenvalue weighted by atomic mass is 9.65. The lowest BCUT2D eigenvalue weighted by Crippen LogP contribution is -2.31. The Kier molecular flexibility index (Phi) is 12.7. The van der Waals surface area contributed by atoms with Crippen LogP contribution in [0, 0.1) is 29.6 Å². The Morgan fingerprint density at radius 2 is 1.03 bits per heavy atom. The van der Waals surface area contributed by atoms with E-state index in [4.69, 9.17) is 4.74 Å². The van der Waals surface area contributed by atoms with Gasteiger partial charge in [0.2, 0.25) is 0 Å². The van der Waals surface area contributed by atoms with Crippen LogP contribution in [0.15, 0.2) is 0 Å². The average Bonchev–Trinajstić information content (AvgIpc) is 2.86. The topological polar surface area (TPSA) is 26.3 Å². The van der Waals surface area contributed by atoms with Gasteiger partial charge in [-0.2, -0.15) is 0 Å². The number of rotatable bonds is 13. The van der Waals surface area contributed by atoms with Crippen LogP contribution in [0.2, 0.25) is 0 Å². The normalized spacial score (nSPS) is 33.0. The summed E-state index contributed by atoms with van der Waals surface area (Å²) in [5.41, 5.74) is 0. The van der Waals surface area contributed by atoms with Gasteiger partial charge in [0, 0.05) is 6.42 Å². The van der Waals surface area contributed by atoms with Crippen molar-refractivity contribution in [3.63, 3.8) is 0 Å². The van der Waals surface area contributed by atoms with Crippen LogP contribution in [0.3, 0.4) is 0 Å². The van der Waals surface area contributed by atoms with Gasteiger partial charge in [0.15, 0.2) is 0 Å². The highest BCUT2D eigenvalue weighted by Crippen LogP contribution is 2.46. The van der Waals surface area contributed by atoms with Gasteiger partial charge >= 0.3 is 5.97 Å². The van der Waals surface area contributed by atoms with Gasteiger partial charge in [-0.15, -0.1) is 0 Å². The number of hydrogen-bond donors (Lipinski definition) is 0. The lowest BCUT2D eigenvalue weighted by Gasteiger charge is -2.41. The van der Waals surface area contributed by atoms with E-state index in [9.17, 15) is 4.79 Å². The second kappa shape index (κ2) is 15.5. The first-order valence-electron chi connectivity index (χ1n) is 15.4. The predicted molar refractivity (Wildman–Crippen MR) is 140 cm³/mol. The molecule has 0 atom stereocenters. The molecule has 3 aliphatic carbocycles. The Morgan fingerprint density at radius 3 is 1.55 bits per heavy atom. The summed E-state index contributed by atoms with van der Waals surface area (Å²) in [5, 5.41) is 0. The van der Waals surface area contributed by atoms with E-state index in [1.807, 2.05) is 0 Å². The van der Waals surface area contributed by atoms with Crippen molar-refractivity contribution in [2.45, 2.75) is 161 Å². The molecule has 0 radical (unpaired) electrons. The van der Waals surface area contributed by atoms with Gasteiger partial charge in [-0.05, 0) is 100 Å². The summed E-state index contributed by atoms with van der Waals surface area (Å²) in [4.78, 5) is 12.1. The zero-order valence-electron chi connectivity index (χ0n) is 22.3. The quantitative estimate of drug-likeness (QED) is 0.202. The van der Waals surface area contributed by atoms with E-state index in [0.29, 0.717) is 6.42 Å². The van der Waals surface area contributed by atoms with Gasteiger partial charge in [0.1, 0.15) is 6.10 Å². The van der Waals surface area contributed by atoms with Gasteiger partial charge in [-0.25, -0.2) is 0 Å².